The van der Waals surface area contributed by atoms with Crippen LogP contribution in [0.15, 0.2) is 30.3 Å². The van der Waals surface area contributed by atoms with E-state index in [0.29, 0.717) is 32.2 Å². The molecule has 1 saturated carbocycles. The first-order chi connectivity index (χ1) is 12.4. The number of aliphatic carboxylic acids is 1. The van der Waals surface area contributed by atoms with Crippen molar-refractivity contribution in [2.75, 3.05) is 13.1 Å². The number of likely N-dealkylation sites (tertiary alicyclic amines) is 1. The monoisotopic (exact) mass is 361 g/mol. The molecule has 6 heteroatoms. The first-order valence-corrected chi connectivity index (χ1v) is 9.34. The number of rotatable bonds is 6. The average Bonchev–Trinajstić information content (AvgIpc) is 2.61. The first-order valence-electron chi connectivity index (χ1n) is 9.34. The highest BCUT2D eigenvalue weighted by Crippen LogP contribution is 2.38. The van der Waals surface area contributed by atoms with Crippen LogP contribution in [0.2, 0.25) is 0 Å². The molecular formula is C20H27NO5. The fourth-order valence-corrected chi connectivity index (χ4v) is 4.13. The van der Waals surface area contributed by atoms with E-state index in [-0.39, 0.29) is 24.8 Å². The van der Waals surface area contributed by atoms with E-state index in [4.69, 9.17) is 0 Å². The van der Waals surface area contributed by atoms with Gasteiger partial charge in [-0.25, -0.2) is 0 Å². The molecule has 0 radical (unpaired) electrons. The van der Waals surface area contributed by atoms with Crippen molar-refractivity contribution in [3.63, 3.8) is 0 Å². The molecule has 0 unspecified atom stereocenters. The van der Waals surface area contributed by atoms with Crippen LogP contribution in [-0.2, 0) is 16.0 Å². The zero-order chi connectivity index (χ0) is 18.7. The van der Waals surface area contributed by atoms with Gasteiger partial charge in [-0.05, 0) is 44.1 Å². The molecule has 6 nitrogen and oxygen atoms in total. The second-order valence-corrected chi connectivity index (χ2v) is 7.69. The number of carboxylic acids is 1. The summed E-state index contributed by atoms with van der Waals surface area (Å²) in [7, 11) is 0. The number of carbonyl (C=O) groups excluding carboxylic acids is 1. The molecule has 26 heavy (non-hydrogen) atoms. The maximum Gasteiger partial charge on any atom is 0.314 e. The Balaban J connectivity index is 1.66. The van der Waals surface area contributed by atoms with Crippen molar-refractivity contribution < 1.29 is 24.9 Å². The van der Waals surface area contributed by atoms with Crippen molar-refractivity contribution in [2.45, 2.75) is 50.7 Å². The second kappa shape index (κ2) is 7.76. The molecule has 3 rings (SSSR count). The number of aliphatic hydroxyl groups is 2. The van der Waals surface area contributed by atoms with E-state index in [1.54, 1.807) is 4.90 Å². The van der Waals surface area contributed by atoms with Gasteiger partial charge in [-0.1, -0.05) is 30.3 Å². The van der Waals surface area contributed by atoms with Gasteiger partial charge in [0.15, 0.2) is 0 Å². The Kier molecular flexibility index (Phi) is 5.63. The molecule has 1 aliphatic carbocycles. The fraction of sp³-hybridized carbons (Fsp3) is 0.600. The van der Waals surface area contributed by atoms with Crippen LogP contribution in [0.25, 0.3) is 0 Å². The minimum Gasteiger partial charge on any atom is -0.481 e. The Morgan fingerprint density at radius 3 is 2.46 bits per heavy atom. The average molecular weight is 361 g/mol. The summed E-state index contributed by atoms with van der Waals surface area (Å²) in [5.41, 5.74) is -0.180. The Hall–Kier alpha value is -1.92. The smallest absolute Gasteiger partial charge is 0.314 e. The van der Waals surface area contributed by atoms with Crippen LogP contribution in [0.3, 0.4) is 0 Å². The van der Waals surface area contributed by atoms with Gasteiger partial charge in [-0.3, -0.25) is 9.59 Å². The molecule has 1 aliphatic heterocycles. The highest BCUT2D eigenvalue weighted by molar-refractivity contribution is 5.82. The highest BCUT2D eigenvalue weighted by atomic mass is 16.4. The largest absolute Gasteiger partial charge is 0.481 e. The van der Waals surface area contributed by atoms with Crippen molar-refractivity contribution in [3.8, 4) is 0 Å². The standard InChI is InChI=1S/C20H27NO5/c22-16-11-15(12-16)18(24)21-10-8-17(23)20(13-21,19(25)26)9-4-7-14-5-2-1-3-6-14/h1-3,5-6,15-17,22-23H,4,7-13H2,(H,25,26)/t15?,16?,17-,20+/m0/s1. The molecule has 1 amide bonds. The number of carboxylic acid groups (broad SMARTS) is 1. The lowest BCUT2D eigenvalue weighted by Gasteiger charge is -2.45. The zero-order valence-corrected chi connectivity index (χ0v) is 14.9. The van der Waals surface area contributed by atoms with Gasteiger partial charge in [0.2, 0.25) is 5.91 Å². The van der Waals surface area contributed by atoms with E-state index in [0.717, 1.165) is 12.0 Å². The van der Waals surface area contributed by atoms with Crippen LogP contribution in [0.4, 0.5) is 0 Å². The maximum atomic E-state index is 12.6. The third-order valence-corrected chi connectivity index (χ3v) is 5.91. The number of aliphatic hydroxyl groups excluding tert-OH is 2. The van der Waals surface area contributed by atoms with Crippen molar-refractivity contribution in [2.24, 2.45) is 11.3 Å². The van der Waals surface area contributed by atoms with Gasteiger partial charge in [-0.15, -0.1) is 0 Å². The minimum absolute atomic E-state index is 0.0454. The maximum absolute atomic E-state index is 12.6. The second-order valence-electron chi connectivity index (χ2n) is 7.69. The van der Waals surface area contributed by atoms with E-state index in [1.807, 2.05) is 30.3 Å². The summed E-state index contributed by atoms with van der Waals surface area (Å²) in [4.78, 5) is 26.2. The van der Waals surface area contributed by atoms with Gasteiger partial charge in [0.1, 0.15) is 5.41 Å². The van der Waals surface area contributed by atoms with E-state index < -0.39 is 23.6 Å². The van der Waals surface area contributed by atoms with Crippen molar-refractivity contribution >= 4 is 11.9 Å². The number of benzene rings is 1. The normalized spacial score (nSPS) is 31.3. The third-order valence-electron chi connectivity index (χ3n) is 5.91. The Bertz CT molecular complexity index is 643. The van der Waals surface area contributed by atoms with Crippen molar-refractivity contribution in [3.05, 3.63) is 35.9 Å². The summed E-state index contributed by atoms with van der Waals surface area (Å²) < 4.78 is 0. The molecule has 1 heterocycles. The van der Waals surface area contributed by atoms with Crippen molar-refractivity contribution in [1.82, 2.24) is 4.90 Å². The van der Waals surface area contributed by atoms with Crippen LogP contribution < -0.4 is 0 Å². The lowest BCUT2D eigenvalue weighted by Crippen LogP contribution is -2.59. The van der Waals surface area contributed by atoms with E-state index >= 15 is 0 Å². The van der Waals surface area contributed by atoms with Gasteiger partial charge >= 0.3 is 5.97 Å². The summed E-state index contributed by atoms with van der Waals surface area (Å²) in [6, 6.07) is 9.84. The third kappa shape index (κ3) is 3.76. The molecular weight excluding hydrogens is 334 g/mol. The summed E-state index contributed by atoms with van der Waals surface area (Å²) in [5, 5.41) is 29.8. The predicted octanol–water partition coefficient (Wildman–Crippen LogP) is 1.44. The summed E-state index contributed by atoms with van der Waals surface area (Å²) in [5.74, 6) is -1.34. The Morgan fingerprint density at radius 1 is 1.15 bits per heavy atom. The lowest BCUT2D eigenvalue weighted by atomic mass is 9.72. The number of amides is 1. The molecule has 2 fully saturated rings. The molecule has 142 valence electrons. The van der Waals surface area contributed by atoms with Crippen LogP contribution in [-0.4, -0.2) is 57.4 Å². The lowest BCUT2D eigenvalue weighted by molar-refractivity contribution is -0.169. The number of piperidine rings is 1. The molecule has 1 aromatic carbocycles. The number of aryl methyl sites for hydroxylation is 1. The quantitative estimate of drug-likeness (QED) is 0.712. The SMILES string of the molecule is O=C(C1CC(O)C1)N1CC[C@H](O)[C@](CCCc2ccccc2)(C(=O)O)C1. The minimum atomic E-state index is -1.31. The van der Waals surface area contributed by atoms with Gasteiger partial charge in [0, 0.05) is 19.0 Å². The Labute approximate surface area is 153 Å². The van der Waals surface area contributed by atoms with Gasteiger partial charge in [-0.2, -0.15) is 0 Å². The predicted molar refractivity (Wildman–Crippen MR) is 95.4 cm³/mol. The van der Waals surface area contributed by atoms with Gasteiger partial charge in [0.05, 0.1) is 12.2 Å². The molecule has 1 saturated heterocycles. The first kappa shape index (κ1) is 18.9. The van der Waals surface area contributed by atoms with Crippen LogP contribution in [0, 0.1) is 11.3 Å². The summed E-state index contributed by atoms with van der Waals surface area (Å²) in [6.45, 7) is 0.421. The number of hydrogen-bond acceptors (Lipinski definition) is 4. The topological polar surface area (TPSA) is 98.1 Å². The van der Waals surface area contributed by atoms with Crippen molar-refractivity contribution in [1.29, 1.82) is 0 Å². The molecule has 2 atom stereocenters. The van der Waals surface area contributed by atoms with Gasteiger partial charge in [0.25, 0.3) is 0 Å². The van der Waals surface area contributed by atoms with E-state index in [9.17, 15) is 24.9 Å². The zero-order valence-electron chi connectivity index (χ0n) is 14.9. The molecule has 0 spiro atoms. The number of carbonyl (C=O) groups is 2. The highest BCUT2D eigenvalue weighted by Gasteiger charge is 2.50. The van der Waals surface area contributed by atoms with E-state index in [1.165, 1.54) is 0 Å². The molecule has 1 aromatic rings. The van der Waals surface area contributed by atoms with E-state index in [2.05, 4.69) is 0 Å². The van der Waals surface area contributed by atoms with Crippen LogP contribution in [0.1, 0.15) is 37.7 Å². The fourth-order valence-electron chi connectivity index (χ4n) is 4.13. The summed E-state index contributed by atoms with van der Waals surface area (Å²) >= 11 is 0. The van der Waals surface area contributed by atoms with Crippen LogP contribution in [0.5, 0.6) is 0 Å². The van der Waals surface area contributed by atoms with Crippen LogP contribution >= 0.6 is 0 Å². The van der Waals surface area contributed by atoms with Gasteiger partial charge < -0.3 is 20.2 Å². The molecule has 0 aromatic heterocycles. The number of hydrogen-bond donors (Lipinski definition) is 3. The molecule has 0 bridgehead atoms. The Morgan fingerprint density at radius 2 is 1.85 bits per heavy atom. The number of nitrogens with zero attached hydrogens (tertiary/aromatic N) is 1. The summed E-state index contributed by atoms with van der Waals surface area (Å²) in [6.07, 6.45) is 1.51. The molecule has 3 N–H and O–H groups in total. The molecule has 2 aliphatic rings.